The molecule has 1 saturated heterocycles. The third-order valence-electron chi connectivity index (χ3n) is 3.00. The predicted octanol–water partition coefficient (Wildman–Crippen LogP) is 2.55. The van der Waals surface area contributed by atoms with E-state index in [2.05, 4.69) is 0 Å². The summed E-state index contributed by atoms with van der Waals surface area (Å²) in [6, 6.07) is 1.78. The smallest absolute Gasteiger partial charge is 0.320 e. The quantitative estimate of drug-likeness (QED) is 0.793. The molecule has 1 aromatic carbocycles. The normalized spacial score (nSPS) is 20.0. The maximum atomic E-state index is 13.2. The van der Waals surface area contributed by atoms with Crippen molar-refractivity contribution >= 4 is 11.9 Å². The SMILES string of the molecule is N=C1CCCC(c2cc(F)cc(F)c2)N1C(N)=O. The molecule has 4 nitrogen and oxygen atoms in total. The van der Waals surface area contributed by atoms with E-state index >= 15 is 0 Å². The van der Waals surface area contributed by atoms with Gasteiger partial charge in [-0.2, -0.15) is 0 Å². The van der Waals surface area contributed by atoms with Crippen LogP contribution < -0.4 is 5.73 Å². The van der Waals surface area contributed by atoms with Gasteiger partial charge in [0.05, 0.1) is 6.04 Å². The lowest BCUT2D eigenvalue weighted by Gasteiger charge is -2.34. The summed E-state index contributed by atoms with van der Waals surface area (Å²) in [5, 5.41) is 7.70. The largest absolute Gasteiger partial charge is 0.351 e. The number of likely N-dealkylation sites (tertiary alicyclic amines) is 1. The molecule has 2 amide bonds. The first-order valence-electron chi connectivity index (χ1n) is 5.61. The molecule has 0 radical (unpaired) electrons. The molecule has 6 heteroatoms. The summed E-state index contributed by atoms with van der Waals surface area (Å²) in [5.74, 6) is -1.32. The average Bonchev–Trinajstić information content (AvgIpc) is 2.26. The number of amides is 2. The molecule has 1 heterocycles. The Kier molecular flexibility index (Phi) is 3.27. The van der Waals surface area contributed by atoms with Gasteiger partial charge in [0, 0.05) is 12.5 Å². The van der Waals surface area contributed by atoms with Crippen LogP contribution in [-0.4, -0.2) is 16.8 Å². The molecule has 0 bridgehead atoms. The number of rotatable bonds is 1. The molecule has 96 valence electrons. The molecular weight excluding hydrogens is 240 g/mol. The van der Waals surface area contributed by atoms with Gasteiger partial charge in [0.15, 0.2) is 0 Å². The summed E-state index contributed by atoms with van der Waals surface area (Å²) in [7, 11) is 0. The molecule has 1 fully saturated rings. The summed E-state index contributed by atoms with van der Waals surface area (Å²) in [4.78, 5) is 12.4. The zero-order chi connectivity index (χ0) is 13.3. The van der Waals surface area contributed by atoms with Crippen LogP contribution in [0.5, 0.6) is 0 Å². The van der Waals surface area contributed by atoms with Gasteiger partial charge in [0.25, 0.3) is 0 Å². The van der Waals surface area contributed by atoms with Crippen LogP contribution >= 0.6 is 0 Å². The molecule has 0 saturated carbocycles. The Morgan fingerprint density at radius 1 is 1.33 bits per heavy atom. The Morgan fingerprint density at radius 2 is 1.94 bits per heavy atom. The van der Waals surface area contributed by atoms with Crippen LogP contribution in [0, 0.1) is 17.0 Å². The fourth-order valence-electron chi connectivity index (χ4n) is 2.27. The highest BCUT2D eigenvalue weighted by atomic mass is 19.1. The molecule has 0 spiro atoms. The number of halogens is 2. The molecule has 1 atom stereocenters. The molecule has 1 aliphatic rings. The van der Waals surface area contributed by atoms with Crippen molar-refractivity contribution in [1.29, 1.82) is 5.41 Å². The zero-order valence-electron chi connectivity index (χ0n) is 9.62. The number of piperidine rings is 1. The van der Waals surface area contributed by atoms with E-state index < -0.39 is 23.7 Å². The second-order valence-electron chi connectivity index (χ2n) is 4.27. The summed E-state index contributed by atoms with van der Waals surface area (Å²) < 4.78 is 26.4. The van der Waals surface area contributed by atoms with Gasteiger partial charge in [-0.1, -0.05) is 0 Å². The number of benzene rings is 1. The first-order chi connectivity index (χ1) is 8.49. The van der Waals surface area contributed by atoms with Crippen LogP contribution in [0.3, 0.4) is 0 Å². The summed E-state index contributed by atoms with van der Waals surface area (Å²) >= 11 is 0. The number of primary amides is 1. The monoisotopic (exact) mass is 253 g/mol. The van der Waals surface area contributed by atoms with Crippen molar-refractivity contribution in [3.63, 3.8) is 0 Å². The Bertz CT molecular complexity index is 484. The van der Waals surface area contributed by atoms with Crippen molar-refractivity contribution in [2.24, 2.45) is 5.73 Å². The van der Waals surface area contributed by atoms with Crippen molar-refractivity contribution in [1.82, 2.24) is 4.90 Å². The number of nitrogens with zero attached hydrogens (tertiary/aromatic N) is 1. The molecule has 0 aromatic heterocycles. The fraction of sp³-hybridized carbons (Fsp3) is 0.333. The van der Waals surface area contributed by atoms with Gasteiger partial charge in [0.2, 0.25) is 0 Å². The van der Waals surface area contributed by atoms with E-state index in [1.54, 1.807) is 0 Å². The second kappa shape index (κ2) is 4.72. The topological polar surface area (TPSA) is 70.2 Å². The van der Waals surface area contributed by atoms with Gasteiger partial charge in [0.1, 0.15) is 17.5 Å². The Morgan fingerprint density at radius 3 is 2.50 bits per heavy atom. The minimum absolute atomic E-state index is 0.0865. The lowest BCUT2D eigenvalue weighted by Crippen LogP contribution is -2.45. The van der Waals surface area contributed by atoms with Gasteiger partial charge in [-0.25, -0.2) is 13.6 Å². The lowest BCUT2D eigenvalue weighted by molar-refractivity contribution is 0.208. The van der Waals surface area contributed by atoms with E-state index in [9.17, 15) is 13.6 Å². The van der Waals surface area contributed by atoms with Crippen molar-refractivity contribution in [3.8, 4) is 0 Å². The third-order valence-corrected chi connectivity index (χ3v) is 3.00. The van der Waals surface area contributed by atoms with Crippen molar-refractivity contribution in [2.45, 2.75) is 25.3 Å². The summed E-state index contributed by atoms with van der Waals surface area (Å²) in [6.45, 7) is 0. The zero-order valence-corrected chi connectivity index (χ0v) is 9.62. The van der Waals surface area contributed by atoms with Crippen molar-refractivity contribution in [3.05, 3.63) is 35.4 Å². The highest BCUT2D eigenvalue weighted by molar-refractivity contribution is 5.96. The van der Waals surface area contributed by atoms with E-state index in [0.29, 0.717) is 24.8 Å². The number of nitrogens with two attached hydrogens (primary N) is 1. The van der Waals surface area contributed by atoms with Crippen molar-refractivity contribution in [2.75, 3.05) is 0 Å². The van der Waals surface area contributed by atoms with Crippen LogP contribution in [0.4, 0.5) is 13.6 Å². The van der Waals surface area contributed by atoms with E-state index in [1.807, 2.05) is 0 Å². The maximum Gasteiger partial charge on any atom is 0.320 e. The number of urea groups is 1. The van der Waals surface area contributed by atoms with Gasteiger partial charge in [-0.3, -0.25) is 10.3 Å². The molecule has 18 heavy (non-hydrogen) atoms. The van der Waals surface area contributed by atoms with E-state index in [1.165, 1.54) is 12.1 Å². The van der Waals surface area contributed by atoms with Gasteiger partial charge >= 0.3 is 6.03 Å². The first kappa shape index (κ1) is 12.5. The molecule has 3 N–H and O–H groups in total. The molecular formula is C12H13F2N3O. The lowest BCUT2D eigenvalue weighted by atomic mass is 9.94. The number of nitrogens with one attached hydrogen (secondary N) is 1. The molecule has 0 aliphatic carbocycles. The van der Waals surface area contributed by atoms with Gasteiger partial charge in [-0.05, 0) is 30.5 Å². The number of hydrogen-bond acceptors (Lipinski definition) is 2. The van der Waals surface area contributed by atoms with Crippen LogP contribution in [0.2, 0.25) is 0 Å². The Hall–Kier alpha value is -1.98. The van der Waals surface area contributed by atoms with Crippen LogP contribution in [0.15, 0.2) is 18.2 Å². The highest BCUT2D eigenvalue weighted by Crippen LogP contribution is 2.32. The van der Waals surface area contributed by atoms with Crippen LogP contribution in [0.1, 0.15) is 30.9 Å². The number of amidine groups is 1. The maximum absolute atomic E-state index is 13.2. The van der Waals surface area contributed by atoms with E-state index in [0.717, 1.165) is 11.0 Å². The molecule has 1 unspecified atom stereocenters. The summed E-state index contributed by atoms with van der Waals surface area (Å²) in [6.07, 6.45) is 1.66. The highest BCUT2D eigenvalue weighted by Gasteiger charge is 2.31. The molecule has 1 aromatic rings. The number of carbonyl (C=O) groups is 1. The first-order valence-corrected chi connectivity index (χ1v) is 5.61. The Balaban J connectivity index is 2.40. The number of hydrogen-bond donors (Lipinski definition) is 2. The minimum Gasteiger partial charge on any atom is -0.351 e. The van der Waals surface area contributed by atoms with Gasteiger partial charge in [-0.15, -0.1) is 0 Å². The van der Waals surface area contributed by atoms with Crippen LogP contribution in [-0.2, 0) is 0 Å². The van der Waals surface area contributed by atoms with E-state index in [4.69, 9.17) is 11.1 Å². The van der Waals surface area contributed by atoms with E-state index in [-0.39, 0.29) is 5.84 Å². The standard InChI is InChI=1S/C12H13F2N3O/c13-8-4-7(5-9(14)6-8)10-2-1-3-11(15)17(10)12(16)18/h4-6,10,15H,1-3H2,(H2,16,18). The van der Waals surface area contributed by atoms with Crippen LogP contribution in [0.25, 0.3) is 0 Å². The number of carbonyl (C=O) groups excluding carboxylic acids is 1. The van der Waals surface area contributed by atoms with Gasteiger partial charge < -0.3 is 5.73 Å². The Labute approximate surface area is 103 Å². The third kappa shape index (κ3) is 2.32. The second-order valence-corrected chi connectivity index (χ2v) is 4.27. The van der Waals surface area contributed by atoms with Crippen molar-refractivity contribution < 1.29 is 13.6 Å². The minimum atomic E-state index is -0.769. The predicted molar refractivity (Wildman–Crippen MR) is 62.1 cm³/mol. The average molecular weight is 253 g/mol. The summed E-state index contributed by atoms with van der Waals surface area (Å²) in [5.41, 5.74) is 5.55. The molecule has 1 aliphatic heterocycles. The fourth-order valence-corrected chi connectivity index (χ4v) is 2.27. The molecule has 2 rings (SSSR count).